The molecule has 1 amide bonds. The summed E-state index contributed by atoms with van der Waals surface area (Å²) in [6.45, 7) is 2.37. The molecule has 6 nitrogen and oxygen atoms in total. The number of hydrogen-bond acceptors (Lipinski definition) is 5. The third kappa shape index (κ3) is 2.70. The molecule has 3 aliphatic rings. The minimum absolute atomic E-state index is 0.199. The Bertz CT molecular complexity index is 1000. The zero-order valence-corrected chi connectivity index (χ0v) is 15.2. The number of ether oxygens (including phenoxy) is 4. The molecule has 0 aromatic heterocycles. The van der Waals surface area contributed by atoms with Gasteiger partial charge in [0.15, 0.2) is 17.1 Å². The number of anilines is 1. The molecule has 0 unspecified atom stereocenters. The number of halogens is 1. The van der Waals surface area contributed by atoms with Crippen molar-refractivity contribution in [3.8, 4) is 17.2 Å². The highest BCUT2D eigenvalue weighted by Gasteiger charge is 2.51. The minimum atomic E-state index is -1.16. The van der Waals surface area contributed by atoms with Gasteiger partial charge in [0.05, 0.1) is 5.69 Å². The van der Waals surface area contributed by atoms with E-state index < -0.39 is 17.5 Å². The van der Waals surface area contributed by atoms with Crippen molar-refractivity contribution in [2.24, 2.45) is 0 Å². The van der Waals surface area contributed by atoms with Crippen LogP contribution < -0.4 is 19.5 Å². The highest BCUT2D eigenvalue weighted by molar-refractivity contribution is 6.05. The molecule has 1 N–H and O–H groups in total. The van der Waals surface area contributed by atoms with Crippen LogP contribution in [0.25, 0.3) is 0 Å². The maximum absolute atomic E-state index is 13.6. The number of benzene rings is 2. The highest BCUT2D eigenvalue weighted by Crippen LogP contribution is 2.46. The van der Waals surface area contributed by atoms with Crippen LogP contribution in [0.2, 0.25) is 0 Å². The SMILES string of the molecule is CC1=C[C@H](COc2ccc3c(c2)OCO3)O[C@]2(C1)C(=O)Nc1cc(F)ccc12. The number of rotatable bonds is 3. The largest absolute Gasteiger partial charge is 0.490 e. The topological polar surface area (TPSA) is 66.0 Å². The molecule has 2 aromatic rings. The average molecular weight is 383 g/mol. The Kier molecular flexibility index (Phi) is 3.80. The molecule has 3 aliphatic heterocycles. The average Bonchev–Trinajstić information content (AvgIpc) is 3.22. The number of nitrogens with one attached hydrogen (secondary N) is 1. The van der Waals surface area contributed by atoms with Crippen molar-refractivity contribution in [3.63, 3.8) is 0 Å². The molecule has 5 rings (SSSR count). The molecular formula is C21H18FNO5. The van der Waals surface area contributed by atoms with E-state index in [1.807, 2.05) is 13.0 Å². The molecule has 2 aromatic carbocycles. The van der Waals surface area contributed by atoms with Crippen molar-refractivity contribution < 1.29 is 28.1 Å². The Labute approximate surface area is 160 Å². The summed E-state index contributed by atoms with van der Waals surface area (Å²) in [7, 11) is 0. The van der Waals surface area contributed by atoms with Gasteiger partial charge in [-0.1, -0.05) is 17.7 Å². The molecular weight excluding hydrogens is 365 g/mol. The lowest BCUT2D eigenvalue weighted by molar-refractivity contribution is -0.151. The fourth-order valence-corrected chi connectivity index (χ4v) is 3.94. The van der Waals surface area contributed by atoms with Gasteiger partial charge in [0.2, 0.25) is 6.79 Å². The summed E-state index contributed by atoms with van der Waals surface area (Å²) in [5.74, 6) is 1.26. The van der Waals surface area contributed by atoms with E-state index in [0.717, 1.165) is 5.57 Å². The third-order valence-corrected chi connectivity index (χ3v) is 5.14. The first-order valence-electron chi connectivity index (χ1n) is 9.02. The second-order valence-electron chi connectivity index (χ2n) is 7.14. The van der Waals surface area contributed by atoms with Gasteiger partial charge in [0.25, 0.3) is 5.91 Å². The number of hydrogen-bond donors (Lipinski definition) is 1. The summed E-state index contributed by atoms with van der Waals surface area (Å²) in [6, 6.07) is 9.61. The van der Waals surface area contributed by atoms with Gasteiger partial charge in [0.1, 0.15) is 24.3 Å². The summed E-state index contributed by atoms with van der Waals surface area (Å²) < 4.78 is 36.3. The summed E-state index contributed by atoms with van der Waals surface area (Å²) >= 11 is 0. The van der Waals surface area contributed by atoms with E-state index >= 15 is 0 Å². The lowest BCUT2D eigenvalue weighted by Crippen LogP contribution is -2.44. The van der Waals surface area contributed by atoms with Gasteiger partial charge in [0, 0.05) is 18.1 Å². The van der Waals surface area contributed by atoms with Crippen molar-refractivity contribution in [1.82, 2.24) is 0 Å². The first-order chi connectivity index (χ1) is 13.5. The van der Waals surface area contributed by atoms with Crippen molar-refractivity contribution in [1.29, 1.82) is 0 Å². The Balaban J connectivity index is 1.37. The monoisotopic (exact) mass is 383 g/mol. The molecule has 0 aliphatic carbocycles. The van der Waals surface area contributed by atoms with Crippen molar-refractivity contribution >= 4 is 11.6 Å². The molecule has 28 heavy (non-hydrogen) atoms. The molecule has 0 radical (unpaired) electrons. The van der Waals surface area contributed by atoms with Gasteiger partial charge in [-0.05, 0) is 31.2 Å². The summed E-state index contributed by atoms with van der Waals surface area (Å²) in [4.78, 5) is 12.8. The number of amides is 1. The minimum Gasteiger partial charge on any atom is -0.490 e. The van der Waals surface area contributed by atoms with Crippen LogP contribution >= 0.6 is 0 Å². The summed E-state index contributed by atoms with van der Waals surface area (Å²) in [5.41, 5.74) is 0.956. The second kappa shape index (κ2) is 6.24. The maximum atomic E-state index is 13.6. The van der Waals surface area contributed by atoms with Crippen LogP contribution in [-0.4, -0.2) is 25.4 Å². The number of carbonyl (C=O) groups excluding carboxylic acids is 1. The van der Waals surface area contributed by atoms with E-state index in [9.17, 15) is 9.18 Å². The van der Waals surface area contributed by atoms with Crippen molar-refractivity contribution in [2.75, 3.05) is 18.7 Å². The summed E-state index contributed by atoms with van der Waals surface area (Å²) in [6.07, 6.45) is 1.94. The molecule has 1 spiro atoms. The molecule has 2 atom stereocenters. The normalized spacial score (nSPS) is 24.7. The van der Waals surface area contributed by atoms with Crippen LogP contribution in [0.1, 0.15) is 18.9 Å². The van der Waals surface area contributed by atoms with Gasteiger partial charge in [-0.15, -0.1) is 0 Å². The Hall–Kier alpha value is -3.06. The fraction of sp³-hybridized carbons (Fsp3) is 0.286. The van der Waals surface area contributed by atoms with Gasteiger partial charge >= 0.3 is 0 Å². The standard InChI is InChI=1S/C21H18FNO5/c1-12-6-15(10-25-14-3-5-18-19(8-14)27-11-26-18)28-21(9-12)16-4-2-13(22)7-17(16)23-20(21)24/h2-8,15H,9-11H2,1H3,(H,23,24)/t15-,21+/m1/s1. The third-order valence-electron chi connectivity index (χ3n) is 5.14. The lowest BCUT2D eigenvalue weighted by atomic mass is 9.85. The number of fused-ring (bicyclic) bond motifs is 3. The molecule has 0 saturated carbocycles. The second-order valence-corrected chi connectivity index (χ2v) is 7.14. The zero-order valence-electron chi connectivity index (χ0n) is 15.2. The van der Waals surface area contributed by atoms with Gasteiger partial charge < -0.3 is 24.3 Å². The van der Waals surface area contributed by atoms with Gasteiger partial charge in [-0.25, -0.2) is 4.39 Å². The zero-order chi connectivity index (χ0) is 19.3. The molecule has 0 saturated heterocycles. The quantitative estimate of drug-likeness (QED) is 0.822. The van der Waals surface area contributed by atoms with Crippen LogP contribution in [0.15, 0.2) is 48.0 Å². The van der Waals surface area contributed by atoms with E-state index in [1.165, 1.54) is 12.1 Å². The highest BCUT2D eigenvalue weighted by atomic mass is 19.1. The Morgan fingerprint density at radius 3 is 2.96 bits per heavy atom. The van der Waals surface area contributed by atoms with Gasteiger partial charge in [-0.2, -0.15) is 0 Å². The predicted octanol–water partition coefficient (Wildman–Crippen LogP) is 3.52. The van der Waals surface area contributed by atoms with Crippen LogP contribution in [0.5, 0.6) is 17.2 Å². The van der Waals surface area contributed by atoms with E-state index in [2.05, 4.69) is 5.32 Å². The summed E-state index contributed by atoms with van der Waals surface area (Å²) in [5, 5.41) is 2.74. The van der Waals surface area contributed by atoms with Crippen LogP contribution in [-0.2, 0) is 15.1 Å². The number of carbonyl (C=O) groups is 1. The van der Waals surface area contributed by atoms with Gasteiger partial charge in [-0.3, -0.25) is 4.79 Å². The first-order valence-corrected chi connectivity index (χ1v) is 9.02. The first kappa shape index (κ1) is 17.1. The van der Waals surface area contributed by atoms with E-state index in [0.29, 0.717) is 34.9 Å². The van der Waals surface area contributed by atoms with Crippen LogP contribution in [0.4, 0.5) is 10.1 Å². The Morgan fingerprint density at radius 1 is 1.21 bits per heavy atom. The van der Waals surface area contributed by atoms with E-state index in [-0.39, 0.29) is 19.3 Å². The van der Waals surface area contributed by atoms with Crippen LogP contribution in [0.3, 0.4) is 0 Å². The lowest BCUT2D eigenvalue weighted by Gasteiger charge is -2.35. The fourth-order valence-electron chi connectivity index (χ4n) is 3.94. The molecule has 0 bridgehead atoms. The molecule has 144 valence electrons. The van der Waals surface area contributed by atoms with Crippen molar-refractivity contribution in [3.05, 3.63) is 59.4 Å². The van der Waals surface area contributed by atoms with E-state index in [4.69, 9.17) is 18.9 Å². The molecule has 7 heteroatoms. The van der Waals surface area contributed by atoms with Crippen LogP contribution in [0, 0.1) is 5.82 Å². The molecule has 3 heterocycles. The predicted molar refractivity (Wildman–Crippen MR) is 98.0 cm³/mol. The smallest absolute Gasteiger partial charge is 0.261 e. The Morgan fingerprint density at radius 2 is 2.07 bits per heavy atom. The molecule has 0 fully saturated rings. The van der Waals surface area contributed by atoms with Crippen molar-refractivity contribution in [2.45, 2.75) is 25.0 Å². The van der Waals surface area contributed by atoms with E-state index in [1.54, 1.807) is 24.3 Å². The maximum Gasteiger partial charge on any atom is 0.261 e.